The number of hydrogen-bond acceptors (Lipinski definition) is 1. The van der Waals surface area contributed by atoms with Crippen LogP contribution in [0.1, 0.15) is 25.7 Å². The first-order valence-electron chi connectivity index (χ1n) is 4.51. The van der Waals surface area contributed by atoms with Crippen LogP contribution in [0.2, 0.25) is 0 Å². The first-order valence-corrected chi connectivity index (χ1v) is 5.04. The number of alkyl halides is 1. The van der Waals surface area contributed by atoms with Crippen LogP contribution in [-0.2, 0) is 4.74 Å². The lowest BCUT2D eigenvalue weighted by atomic mass is 9.66. The summed E-state index contributed by atoms with van der Waals surface area (Å²) in [4.78, 5) is 0. The van der Waals surface area contributed by atoms with Crippen molar-refractivity contribution in [1.82, 2.24) is 0 Å². The second kappa shape index (κ2) is 2.95. The zero-order valence-electron chi connectivity index (χ0n) is 6.81. The fourth-order valence-corrected chi connectivity index (χ4v) is 2.61. The molecule has 1 aliphatic heterocycles. The van der Waals surface area contributed by atoms with Gasteiger partial charge in [0, 0.05) is 17.9 Å². The van der Waals surface area contributed by atoms with Gasteiger partial charge in [-0.15, -0.1) is 11.6 Å². The standard InChI is InChI=1S/C9H15ClO/c10-6-9(4-5-11-7-9)8-2-1-3-8/h8H,1-7H2. The zero-order chi connectivity index (χ0) is 7.73. The van der Waals surface area contributed by atoms with E-state index in [-0.39, 0.29) is 0 Å². The van der Waals surface area contributed by atoms with Gasteiger partial charge in [-0.3, -0.25) is 0 Å². The van der Waals surface area contributed by atoms with Crippen LogP contribution >= 0.6 is 11.6 Å². The fourth-order valence-electron chi connectivity index (χ4n) is 2.18. The third kappa shape index (κ3) is 1.19. The predicted octanol–water partition coefficient (Wildman–Crippen LogP) is 2.43. The molecule has 2 rings (SSSR count). The lowest BCUT2D eigenvalue weighted by Gasteiger charge is -2.40. The Morgan fingerprint density at radius 2 is 2.27 bits per heavy atom. The molecular formula is C9H15ClO. The van der Waals surface area contributed by atoms with Gasteiger partial charge in [0.2, 0.25) is 0 Å². The summed E-state index contributed by atoms with van der Waals surface area (Å²) in [7, 11) is 0. The van der Waals surface area contributed by atoms with Crippen molar-refractivity contribution >= 4 is 11.6 Å². The molecule has 1 atom stereocenters. The maximum absolute atomic E-state index is 5.99. The van der Waals surface area contributed by atoms with E-state index in [1.807, 2.05) is 0 Å². The molecule has 1 saturated carbocycles. The molecule has 2 heteroatoms. The highest BCUT2D eigenvalue weighted by atomic mass is 35.5. The van der Waals surface area contributed by atoms with Gasteiger partial charge < -0.3 is 4.74 Å². The largest absolute Gasteiger partial charge is 0.381 e. The lowest BCUT2D eigenvalue weighted by Crippen LogP contribution is -2.37. The molecule has 64 valence electrons. The Labute approximate surface area is 73.1 Å². The summed E-state index contributed by atoms with van der Waals surface area (Å²) in [6.45, 7) is 1.85. The fraction of sp³-hybridized carbons (Fsp3) is 1.00. The normalized spacial score (nSPS) is 39.0. The molecule has 0 bridgehead atoms. The van der Waals surface area contributed by atoms with Gasteiger partial charge in [-0.05, 0) is 25.2 Å². The van der Waals surface area contributed by atoms with Crippen molar-refractivity contribution < 1.29 is 4.74 Å². The minimum atomic E-state index is 0.375. The predicted molar refractivity (Wildman–Crippen MR) is 45.9 cm³/mol. The molecule has 1 unspecified atom stereocenters. The summed E-state index contributed by atoms with van der Waals surface area (Å²) in [6.07, 6.45) is 5.37. The quantitative estimate of drug-likeness (QED) is 0.585. The Hall–Kier alpha value is 0.250. The van der Waals surface area contributed by atoms with Gasteiger partial charge >= 0.3 is 0 Å². The molecule has 0 N–H and O–H groups in total. The van der Waals surface area contributed by atoms with E-state index in [2.05, 4.69) is 0 Å². The molecule has 2 aliphatic rings. The molecule has 0 aromatic rings. The summed E-state index contributed by atoms with van der Waals surface area (Å²) in [6, 6.07) is 0. The van der Waals surface area contributed by atoms with Gasteiger partial charge in [-0.2, -0.15) is 0 Å². The van der Waals surface area contributed by atoms with E-state index in [4.69, 9.17) is 16.3 Å². The monoisotopic (exact) mass is 174 g/mol. The SMILES string of the molecule is ClCC1(C2CCC2)CCOC1. The topological polar surface area (TPSA) is 9.23 Å². The second-order valence-corrected chi connectivity index (χ2v) is 4.19. The van der Waals surface area contributed by atoms with E-state index in [1.165, 1.54) is 25.7 Å². The van der Waals surface area contributed by atoms with Gasteiger partial charge in [-0.1, -0.05) is 6.42 Å². The summed E-state index contributed by atoms with van der Waals surface area (Å²) in [5.74, 6) is 1.68. The van der Waals surface area contributed by atoms with Crippen LogP contribution in [0, 0.1) is 11.3 Å². The molecule has 2 fully saturated rings. The first-order chi connectivity index (χ1) is 5.37. The number of hydrogen-bond donors (Lipinski definition) is 0. The molecule has 0 amide bonds. The zero-order valence-corrected chi connectivity index (χ0v) is 7.57. The van der Waals surface area contributed by atoms with E-state index < -0.39 is 0 Å². The first kappa shape index (κ1) is 7.88. The molecule has 1 heterocycles. The van der Waals surface area contributed by atoms with Gasteiger partial charge in [0.1, 0.15) is 0 Å². The van der Waals surface area contributed by atoms with Gasteiger partial charge in [0.25, 0.3) is 0 Å². The highest BCUT2D eigenvalue weighted by Gasteiger charge is 2.43. The van der Waals surface area contributed by atoms with E-state index in [0.29, 0.717) is 5.41 Å². The van der Waals surface area contributed by atoms with Crippen LogP contribution in [0.4, 0.5) is 0 Å². The van der Waals surface area contributed by atoms with Gasteiger partial charge in [-0.25, -0.2) is 0 Å². The molecule has 11 heavy (non-hydrogen) atoms. The molecule has 0 aromatic heterocycles. The lowest BCUT2D eigenvalue weighted by molar-refractivity contribution is 0.0785. The van der Waals surface area contributed by atoms with Crippen LogP contribution < -0.4 is 0 Å². The van der Waals surface area contributed by atoms with Crippen LogP contribution in [0.5, 0.6) is 0 Å². The van der Waals surface area contributed by atoms with Crippen molar-refractivity contribution in [3.63, 3.8) is 0 Å². The minimum Gasteiger partial charge on any atom is -0.381 e. The van der Waals surface area contributed by atoms with Gasteiger partial charge in [0.05, 0.1) is 6.61 Å². The van der Waals surface area contributed by atoms with Crippen molar-refractivity contribution in [3.8, 4) is 0 Å². The molecule has 0 aromatic carbocycles. The smallest absolute Gasteiger partial charge is 0.0537 e. The van der Waals surface area contributed by atoms with Gasteiger partial charge in [0.15, 0.2) is 0 Å². The molecule has 1 aliphatic carbocycles. The summed E-state index contributed by atoms with van der Waals surface area (Å²) >= 11 is 5.99. The summed E-state index contributed by atoms with van der Waals surface area (Å²) in [5.41, 5.74) is 0.375. The van der Waals surface area contributed by atoms with E-state index >= 15 is 0 Å². The maximum Gasteiger partial charge on any atom is 0.0537 e. The van der Waals surface area contributed by atoms with Crippen molar-refractivity contribution in [1.29, 1.82) is 0 Å². The third-order valence-corrected chi connectivity index (χ3v) is 3.90. The Bertz CT molecular complexity index is 136. The van der Waals surface area contributed by atoms with Crippen molar-refractivity contribution in [2.75, 3.05) is 19.1 Å². The van der Waals surface area contributed by atoms with Crippen molar-refractivity contribution in [2.24, 2.45) is 11.3 Å². The number of halogens is 1. The van der Waals surface area contributed by atoms with Crippen molar-refractivity contribution in [2.45, 2.75) is 25.7 Å². The Balaban J connectivity index is 2.02. The second-order valence-electron chi connectivity index (χ2n) is 3.93. The van der Waals surface area contributed by atoms with Crippen LogP contribution in [0.3, 0.4) is 0 Å². The average molecular weight is 175 g/mol. The number of ether oxygens (including phenoxy) is 1. The van der Waals surface area contributed by atoms with Crippen LogP contribution in [0.15, 0.2) is 0 Å². The summed E-state index contributed by atoms with van der Waals surface area (Å²) in [5, 5.41) is 0. The maximum atomic E-state index is 5.99. The number of rotatable bonds is 2. The molecule has 0 radical (unpaired) electrons. The molecule has 1 saturated heterocycles. The Kier molecular flexibility index (Phi) is 2.11. The van der Waals surface area contributed by atoms with E-state index in [1.54, 1.807) is 0 Å². The molecular weight excluding hydrogens is 160 g/mol. The highest BCUT2D eigenvalue weighted by molar-refractivity contribution is 6.18. The molecule has 0 spiro atoms. The van der Waals surface area contributed by atoms with Crippen LogP contribution in [0.25, 0.3) is 0 Å². The van der Waals surface area contributed by atoms with Crippen molar-refractivity contribution in [3.05, 3.63) is 0 Å². The minimum absolute atomic E-state index is 0.375. The van der Waals surface area contributed by atoms with E-state index in [9.17, 15) is 0 Å². The highest BCUT2D eigenvalue weighted by Crippen LogP contribution is 2.47. The average Bonchev–Trinajstić information content (AvgIpc) is 2.34. The Morgan fingerprint density at radius 3 is 2.64 bits per heavy atom. The Morgan fingerprint density at radius 1 is 1.45 bits per heavy atom. The van der Waals surface area contributed by atoms with Crippen LogP contribution in [-0.4, -0.2) is 19.1 Å². The summed E-state index contributed by atoms with van der Waals surface area (Å²) < 4.78 is 5.42. The molecule has 1 nitrogen and oxygen atoms in total. The third-order valence-electron chi connectivity index (χ3n) is 3.37. The van der Waals surface area contributed by atoms with E-state index in [0.717, 1.165) is 25.0 Å².